The summed E-state index contributed by atoms with van der Waals surface area (Å²) in [6.07, 6.45) is 0. The Morgan fingerprint density at radius 1 is 1.16 bits per heavy atom. The molecule has 0 radical (unpaired) electrons. The van der Waals surface area contributed by atoms with Gasteiger partial charge >= 0.3 is 5.69 Å². The molecule has 0 atom stereocenters. The maximum absolute atomic E-state index is 12.1. The third-order valence-electron chi connectivity index (χ3n) is 3.33. The van der Waals surface area contributed by atoms with E-state index in [-0.39, 0.29) is 5.69 Å². The molecule has 3 nitrogen and oxygen atoms in total. The molecular formula is C15H13BrN2O. The van der Waals surface area contributed by atoms with Crippen LogP contribution in [0.2, 0.25) is 0 Å². The van der Waals surface area contributed by atoms with Gasteiger partial charge < -0.3 is 4.98 Å². The third-order valence-corrected chi connectivity index (χ3v) is 3.97. The predicted octanol–water partition coefficient (Wildman–Crippen LogP) is 3.45. The van der Waals surface area contributed by atoms with Crippen LogP contribution in [0.4, 0.5) is 0 Å². The van der Waals surface area contributed by atoms with Crippen LogP contribution in [0.1, 0.15) is 11.1 Å². The van der Waals surface area contributed by atoms with Gasteiger partial charge in [-0.05, 0) is 46.1 Å². The predicted molar refractivity (Wildman–Crippen MR) is 80.5 cm³/mol. The fraction of sp³-hybridized carbons (Fsp3) is 0.133. The zero-order chi connectivity index (χ0) is 13.4. The number of rotatable bonds is 2. The molecule has 0 amide bonds. The van der Waals surface area contributed by atoms with Crippen LogP contribution in [0.3, 0.4) is 0 Å². The first-order valence-corrected chi connectivity index (χ1v) is 6.87. The molecule has 0 spiro atoms. The average molecular weight is 317 g/mol. The number of imidazole rings is 1. The number of benzene rings is 2. The summed E-state index contributed by atoms with van der Waals surface area (Å²) in [6.45, 7) is 2.64. The number of nitrogens with zero attached hydrogens (tertiary/aromatic N) is 1. The second-order valence-corrected chi connectivity index (χ2v) is 5.43. The molecule has 4 heteroatoms. The summed E-state index contributed by atoms with van der Waals surface area (Å²) in [6, 6.07) is 13.9. The van der Waals surface area contributed by atoms with Crippen molar-refractivity contribution < 1.29 is 0 Å². The number of fused-ring (bicyclic) bond motifs is 1. The Balaban J connectivity index is 2.19. The van der Waals surface area contributed by atoms with Gasteiger partial charge in [-0.3, -0.25) is 4.57 Å². The summed E-state index contributed by atoms with van der Waals surface area (Å²) in [5, 5.41) is 0. The van der Waals surface area contributed by atoms with Crippen molar-refractivity contribution in [2.24, 2.45) is 0 Å². The minimum Gasteiger partial charge on any atom is -0.305 e. The van der Waals surface area contributed by atoms with E-state index in [1.54, 1.807) is 4.57 Å². The normalized spacial score (nSPS) is 11.1. The number of aryl methyl sites for hydroxylation is 1. The van der Waals surface area contributed by atoms with Gasteiger partial charge in [0.05, 0.1) is 17.6 Å². The molecule has 0 unspecified atom stereocenters. The van der Waals surface area contributed by atoms with E-state index in [2.05, 4.69) is 40.0 Å². The molecule has 0 bridgehead atoms. The number of H-pyrrole nitrogens is 1. The van der Waals surface area contributed by atoms with Crippen molar-refractivity contribution >= 4 is 27.0 Å². The molecular weight excluding hydrogens is 304 g/mol. The molecule has 0 aliphatic rings. The minimum atomic E-state index is -0.0786. The van der Waals surface area contributed by atoms with Gasteiger partial charge in [-0.25, -0.2) is 4.79 Å². The Morgan fingerprint density at radius 3 is 2.74 bits per heavy atom. The first-order chi connectivity index (χ1) is 9.16. The summed E-state index contributed by atoms with van der Waals surface area (Å²) < 4.78 is 2.69. The Hall–Kier alpha value is -1.81. The van der Waals surface area contributed by atoms with Gasteiger partial charge in [0.1, 0.15) is 0 Å². The second kappa shape index (κ2) is 4.70. The SMILES string of the molecule is Cc1ccccc1Cn1c(=O)[nH]c2cccc(Br)c21. The standard InChI is InChI=1S/C15H13BrN2O/c1-10-5-2-3-6-11(10)9-18-14-12(16)7-4-8-13(14)17-15(18)19/h2-8H,9H2,1H3,(H,17,19). The zero-order valence-corrected chi connectivity index (χ0v) is 12.1. The van der Waals surface area contributed by atoms with E-state index in [4.69, 9.17) is 0 Å². The quantitative estimate of drug-likeness (QED) is 0.772. The van der Waals surface area contributed by atoms with Crippen LogP contribution in [-0.2, 0) is 6.54 Å². The first-order valence-electron chi connectivity index (χ1n) is 6.08. The lowest BCUT2D eigenvalue weighted by Crippen LogP contribution is -2.17. The van der Waals surface area contributed by atoms with Gasteiger partial charge in [0.15, 0.2) is 0 Å². The highest BCUT2D eigenvalue weighted by atomic mass is 79.9. The highest BCUT2D eigenvalue weighted by Crippen LogP contribution is 2.22. The molecule has 3 aromatic rings. The Bertz CT molecular complexity index is 801. The monoisotopic (exact) mass is 316 g/mol. The van der Waals surface area contributed by atoms with E-state index >= 15 is 0 Å². The molecule has 1 heterocycles. The van der Waals surface area contributed by atoms with Crippen molar-refractivity contribution in [3.05, 3.63) is 68.5 Å². The Morgan fingerprint density at radius 2 is 1.95 bits per heavy atom. The molecule has 0 fully saturated rings. The lowest BCUT2D eigenvalue weighted by Gasteiger charge is -2.07. The summed E-state index contributed by atoms with van der Waals surface area (Å²) in [4.78, 5) is 15.0. The number of hydrogen-bond acceptors (Lipinski definition) is 1. The molecule has 1 aromatic heterocycles. The summed E-state index contributed by atoms with van der Waals surface area (Å²) in [7, 11) is 0. The molecule has 96 valence electrons. The van der Waals surface area contributed by atoms with Crippen molar-refractivity contribution in [1.29, 1.82) is 0 Å². The number of halogens is 1. The van der Waals surface area contributed by atoms with Gasteiger partial charge in [-0.1, -0.05) is 30.3 Å². The Kier molecular flexibility index (Phi) is 3.03. The highest BCUT2D eigenvalue weighted by molar-refractivity contribution is 9.10. The van der Waals surface area contributed by atoms with Gasteiger partial charge in [0, 0.05) is 4.47 Å². The van der Waals surface area contributed by atoms with Crippen molar-refractivity contribution in [2.45, 2.75) is 13.5 Å². The number of nitrogens with one attached hydrogen (secondary N) is 1. The summed E-state index contributed by atoms with van der Waals surface area (Å²) >= 11 is 3.51. The zero-order valence-electron chi connectivity index (χ0n) is 10.5. The average Bonchev–Trinajstić information content (AvgIpc) is 2.70. The second-order valence-electron chi connectivity index (χ2n) is 4.58. The smallest absolute Gasteiger partial charge is 0.305 e. The number of aromatic nitrogens is 2. The lowest BCUT2D eigenvalue weighted by atomic mass is 10.1. The van der Waals surface area contributed by atoms with E-state index in [9.17, 15) is 4.79 Å². The molecule has 0 aliphatic heterocycles. The minimum absolute atomic E-state index is 0.0786. The summed E-state index contributed by atoms with van der Waals surface area (Å²) in [5.74, 6) is 0. The van der Waals surface area contributed by atoms with Crippen LogP contribution in [0.5, 0.6) is 0 Å². The van der Waals surface area contributed by atoms with Crippen LogP contribution >= 0.6 is 15.9 Å². The number of aromatic amines is 1. The van der Waals surface area contributed by atoms with Gasteiger partial charge in [-0.15, -0.1) is 0 Å². The molecule has 2 aromatic carbocycles. The lowest BCUT2D eigenvalue weighted by molar-refractivity contribution is 0.781. The molecule has 0 saturated heterocycles. The van der Waals surface area contributed by atoms with Gasteiger partial charge in [0.25, 0.3) is 0 Å². The van der Waals surface area contributed by atoms with E-state index in [1.807, 2.05) is 30.3 Å². The molecule has 19 heavy (non-hydrogen) atoms. The number of hydrogen-bond donors (Lipinski definition) is 1. The van der Waals surface area contributed by atoms with Gasteiger partial charge in [0.2, 0.25) is 0 Å². The number of para-hydroxylation sites is 1. The maximum atomic E-state index is 12.1. The summed E-state index contributed by atoms with van der Waals surface area (Å²) in [5.41, 5.74) is 4.03. The molecule has 1 N–H and O–H groups in total. The van der Waals surface area contributed by atoms with Crippen molar-refractivity contribution in [3.63, 3.8) is 0 Å². The maximum Gasteiger partial charge on any atom is 0.326 e. The van der Waals surface area contributed by atoms with Crippen molar-refractivity contribution in [3.8, 4) is 0 Å². The fourth-order valence-corrected chi connectivity index (χ4v) is 2.86. The van der Waals surface area contributed by atoms with Crippen LogP contribution in [0.15, 0.2) is 51.7 Å². The molecule has 3 rings (SSSR count). The molecule has 0 aliphatic carbocycles. The Labute approximate surface area is 119 Å². The van der Waals surface area contributed by atoms with E-state index in [1.165, 1.54) is 5.56 Å². The first kappa shape index (κ1) is 12.2. The van der Waals surface area contributed by atoms with E-state index in [0.717, 1.165) is 21.1 Å². The van der Waals surface area contributed by atoms with Crippen LogP contribution in [-0.4, -0.2) is 9.55 Å². The van der Waals surface area contributed by atoms with Crippen LogP contribution < -0.4 is 5.69 Å². The van der Waals surface area contributed by atoms with Crippen molar-refractivity contribution in [2.75, 3.05) is 0 Å². The largest absolute Gasteiger partial charge is 0.326 e. The van der Waals surface area contributed by atoms with E-state index < -0.39 is 0 Å². The topological polar surface area (TPSA) is 37.8 Å². The molecule has 0 saturated carbocycles. The highest BCUT2D eigenvalue weighted by Gasteiger charge is 2.10. The van der Waals surface area contributed by atoms with Crippen LogP contribution in [0.25, 0.3) is 11.0 Å². The van der Waals surface area contributed by atoms with Crippen LogP contribution in [0, 0.1) is 6.92 Å². The van der Waals surface area contributed by atoms with Crippen molar-refractivity contribution in [1.82, 2.24) is 9.55 Å². The fourth-order valence-electron chi connectivity index (χ4n) is 2.28. The van der Waals surface area contributed by atoms with E-state index in [0.29, 0.717) is 6.54 Å². The van der Waals surface area contributed by atoms with Gasteiger partial charge in [-0.2, -0.15) is 0 Å². The third kappa shape index (κ3) is 2.12.